The van der Waals surface area contributed by atoms with Gasteiger partial charge in [-0.15, -0.1) is 0 Å². The molecular weight excluding hydrogens is 520 g/mol. The molecule has 1 heterocycles. The van der Waals surface area contributed by atoms with E-state index in [0.717, 1.165) is 0 Å². The zero-order valence-corrected chi connectivity index (χ0v) is 22.4. The van der Waals surface area contributed by atoms with Crippen molar-refractivity contribution in [1.82, 2.24) is 0 Å². The molecule has 0 saturated heterocycles. The highest BCUT2D eigenvalue weighted by molar-refractivity contribution is 6.23. The van der Waals surface area contributed by atoms with E-state index in [0.29, 0.717) is 43.8 Å². The fourth-order valence-electron chi connectivity index (χ4n) is 5.97. The summed E-state index contributed by atoms with van der Waals surface area (Å²) in [5.74, 6) is 0. The predicted molar refractivity (Wildman–Crippen MR) is 183 cm³/mol. The summed E-state index contributed by atoms with van der Waals surface area (Å²) in [5.41, 5.74) is 1.61. The van der Waals surface area contributed by atoms with Gasteiger partial charge in [0.2, 0.25) is 0 Å². The Bertz CT molecular complexity index is 3170. The summed E-state index contributed by atoms with van der Waals surface area (Å²) >= 11 is 0. The third-order valence-electron chi connectivity index (χ3n) is 7.82. The van der Waals surface area contributed by atoms with E-state index in [-0.39, 0.29) is 74.0 Å². The van der Waals surface area contributed by atoms with Gasteiger partial charge in [0.25, 0.3) is 0 Å². The minimum absolute atomic E-state index is 0.0170. The summed E-state index contributed by atoms with van der Waals surface area (Å²) in [7, 11) is 0. The fraction of sp³-hybridized carbons (Fsp3) is 0. The average Bonchev–Trinajstić information content (AvgIpc) is 3.63. The number of furan rings is 1. The van der Waals surface area contributed by atoms with Crippen molar-refractivity contribution in [2.75, 3.05) is 0 Å². The molecule has 0 atom stereocenters. The van der Waals surface area contributed by atoms with Gasteiger partial charge < -0.3 is 4.42 Å². The highest BCUT2D eigenvalue weighted by atomic mass is 16.3. The van der Waals surface area contributed by atoms with E-state index in [1.54, 1.807) is 60.7 Å². The van der Waals surface area contributed by atoms with Crippen molar-refractivity contribution in [3.8, 4) is 33.4 Å². The molecule has 0 N–H and O–H groups in total. The molecule has 0 radical (unpaired) electrons. The van der Waals surface area contributed by atoms with Crippen LogP contribution in [-0.2, 0) is 0 Å². The first-order valence-electron chi connectivity index (χ1n) is 20.2. The molecule has 0 aliphatic rings. The van der Waals surface area contributed by atoms with Crippen LogP contribution in [0.3, 0.4) is 0 Å². The molecule has 0 saturated carbocycles. The number of benzene rings is 8. The van der Waals surface area contributed by atoms with Gasteiger partial charge in [0.15, 0.2) is 0 Å². The number of hydrogen-bond donors (Lipinski definition) is 0. The maximum atomic E-state index is 9.73. The molecule has 0 aliphatic carbocycles. The Hall–Kier alpha value is -5.66. The average molecular weight is 560 g/mol. The van der Waals surface area contributed by atoms with E-state index < -0.39 is 48.3 Å². The first kappa shape index (κ1) is 14.5. The van der Waals surface area contributed by atoms with Gasteiger partial charge in [-0.3, -0.25) is 0 Å². The summed E-state index contributed by atoms with van der Waals surface area (Å²) in [6, 6.07) is 18.0. The van der Waals surface area contributed by atoms with Gasteiger partial charge in [-0.25, -0.2) is 0 Å². The molecule has 43 heavy (non-hydrogen) atoms. The first-order valence-corrected chi connectivity index (χ1v) is 13.7. The van der Waals surface area contributed by atoms with E-state index >= 15 is 0 Å². The lowest BCUT2D eigenvalue weighted by Crippen LogP contribution is -1.92. The number of hydrogen-bond acceptors (Lipinski definition) is 1. The third-order valence-corrected chi connectivity index (χ3v) is 7.82. The van der Waals surface area contributed by atoms with Crippen LogP contribution in [0, 0.1) is 0 Å². The van der Waals surface area contributed by atoms with Crippen LogP contribution in [0.5, 0.6) is 0 Å². The minimum atomic E-state index is -0.583. The van der Waals surface area contributed by atoms with Crippen molar-refractivity contribution in [3.05, 3.63) is 157 Å². The molecule has 9 rings (SSSR count). The SMILES string of the molecule is [2H]c1c([2H])c([2H])c(-c2c3ccccc3c(-c3c([2H])c([2H])c4oc5c([2H])c6c([2H])c([2H])c([2H])c([2H])c6c([2H])c5c4c3[2H])c3ccccc23)c(-c2ccccc2)c1[2H]. The van der Waals surface area contributed by atoms with Gasteiger partial charge in [-0.1, -0.05) is 133 Å². The quantitative estimate of drug-likeness (QED) is 0.196. The van der Waals surface area contributed by atoms with E-state index in [4.69, 9.17) is 15.4 Å². The molecule has 8 aromatic carbocycles. The second-order valence-electron chi connectivity index (χ2n) is 10.2. The van der Waals surface area contributed by atoms with Gasteiger partial charge in [0.05, 0.1) is 17.8 Å². The van der Waals surface area contributed by atoms with Crippen LogP contribution in [0.2, 0.25) is 0 Å². The highest BCUT2D eigenvalue weighted by Gasteiger charge is 2.19. The Labute approximate surface area is 267 Å². The lowest BCUT2D eigenvalue weighted by Gasteiger charge is -2.19. The van der Waals surface area contributed by atoms with Crippen LogP contribution in [0.1, 0.15) is 17.8 Å². The lowest BCUT2D eigenvalue weighted by atomic mass is 9.83. The van der Waals surface area contributed by atoms with E-state index in [9.17, 15) is 6.85 Å². The summed E-state index contributed by atoms with van der Waals surface area (Å²) in [6.45, 7) is 0. The number of fused-ring (bicyclic) bond motifs is 6. The molecule has 0 aliphatic heterocycles. The van der Waals surface area contributed by atoms with Crippen LogP contribution in [-0.4, -0.2) is 0 Å². The molecule has 9 aromatic rings. The van der Waals surface area contributed by atoms with Crippen LogP contribution >= 0.6 is 0 Å². The van der Waals surface area contributed by atoms with E-state index in [1.165, 1.54) is 0 Å². The zero-order valence-electron chi connectivity index (χ0n) is 35.4. The lowest BCUT2D eigenvalue weighted by molar-refractivity contribution is 0.669. The van der Waals surface area contributed by atoms with Gasteiger partial charge in [-0.05, 0) is 89.9 Å². The summed E-state index contributed by atoms with van der Waals surface area (Å²) in [4.78, 5) is 0. The Morgan fingerprint density at radius 2 is 0.953 bits per heavy atom. The van der Waals surface area contributed by atoms with Crippen molar-refractivity contribution >= 4 is 54.3 Å². The zero-order chi connectivity index (χ0) is 39.6. The molecule has 0 amide bonds. The normalized spacial score (nSPS) is 16.0. The Morgan fingerprint density at radius 1 is 0.395 bits per heavy atom. The van der Waals surface area contributed by atoms with Crippen molar-refractivity contribution in [2.45, 2.75) is 0 Å². The topological polar surface area (TPSA) is 13.1 Å². The van der Waals surface area contributed by atoms with Gasteiger partial charge >= 0.3 is 0 Å². The third kappa shape index (κ3) is 3.72. The monoisotopic (exact) mass is 559 g/mol. The smallest absolute Gasteiger partial charge is 0.136 e. The van der Waals surface area contributed by atoms with Crippen LogP contribution in [0.15, 0.2) is 162 Å². The second-order valence-corrected chi connectivity index (χ2v) is 10.2. The maximum absolute atomic E-state index is 9.73. The molecule has 200 valence electrons. The molecule has 0 bridgehead atoms. The Kier molecular flexibility index (Phi) is 3.18. The largest absolute Gasteiger partial charge is 0.456 e. The van der Waals surface area contributed by atoms with E-state index in [2.05, 4.69) is 0 Å². The van der Waals surface area contributed by atoms with Crippen LogP contribution in [0.4, 0.5) is 0 Å². The van der Waals surface area contributed by atoms with Crippen molar-refractivity contribution in [1.29, 1.82) is 0 Å². The molecule has 1 heteroatoms. The van der Waals surface area contributed by atoms with Gasteiger partial charge in [0, 0.05) is 10.8 Å². The minimum Gasteiger partial charge on any atom is -0.456 e. The second kappa shape index (κ2) is 9.44. The summed E-state index contributed by atoms with van der Waals surface area (Å²) in [5, 5.41) is 1.58. The predicted octanol–water partition coefficient (Wildman–Crippen LogP) is 12.0. The van der Waals surface area contributed by atoms with Crippen molar-refractivity contribution in [2.24, 2.45) is 0 Å². The molecular formula is C42H26O. The van der Waals surface area contributed by atoms with Crippen LogP contribution in [0.25, 0.3) is 87.6 Å². The van der Waals surface area contributed by atoms with Gasteiger partial charge in [-0.2, -0.15) is 0 Å². The molecule has 1 nitrogen and oxygen atoms in total. The fourth-order valence-corrected chi connectivity index (χ4v) is 5.97. The Balaban J connectivity index is 1.47. The molecule has 0 unspecified atom stereocenters. The molecule has 1 aromatic heterocycles. The van der Waals surface area contributed by atoms with Crippen molar-refractivity contribution < 1.29 is 22.2 Å². The summed E-state index contributed by atoms with van der Waals surface area (Å²) in [6.07, 6.45) is 0. The number of rotatable bonds is 3. The standard InChI is InChI=1S/C42H26O/c1-2-12-27(13-3-1)31-16-6-7-17-32(31)42-35-20-10-8-18-33(35)41(34-19-9-11-21-36(34)42)30-22-23-39-37(25-30)38-24-28-14-4-5-15-29(28)26-40(38)43-39/h1-26H/i4D,5D,6D,7D,14D,15D,16D,17D,22D,23D,24D,25D,26D. The summed E-state index contributed by atoms with van der Waals surface area (Å²) < 4.78 is 122. The van der Waals surface area contributed by atoms with Gasteiger partial charge in [0.1, 0.15) is 11.2 Å². The molecule has 0 spiro atoms. The van der Waals surface area contributed by atoms with Crippen molar-refractivity contribution in [3.63, 3.8) is 0 Å². The van der Waals surface area contributed by atoms with Crippen LogP contribution < -0.4 is 0 Å². The van der Waals surface area contributed by atoms with E-state index in [1.807, 2.05) is 18.2 Å². The molecule has 0 fully saturated rings. The highest BCUT2D eigenvalue weighted by Crippen LogP contribution is 2.46. The Morgan fingerprint density at radius 3 is 1.65 bits per heavy atom. The first-order chi connectivity index (χ1) is 26.8. The maximum Gasteiger partial charge on any atom is 0.136 e.